The number of hydrogen-bond donors (Lipinski definition) is 1. The molecule has 0 bridgehead atoms. The molecule has 0 aliphatic heterocycles. The molecule has 0 unspecified atom stereocenters. The molecule has 23 heavy (non-hydrogen) atoms. The van der Waals surface area contributed by atoms with Gasteiger partial charge in [0.25, 0.3) is 5.91 Å². The molecule has 5 heteroatoms. The molecule has 1 amide bonds. The Labute approximate surface area is 141 Å². The van der Waals surface area contributed by atoms with Gasteiger partial charge in [-0.15, -0.1) is 22.7 Å². The van der Waals surface area contributed by atoms with Crippen molar-refractivity contribution < 1.29 is 4.79 Å². The third-order valence-corrected chi connectivity index (χ3v) is 5.64. The average Bonchev–Trinajstić information content (AvgIpc) is 3.21. The van der Waals surface area contributed by atoms with Crippen molar-refractivity contribution in [2.24, 2.45) is 0 Å². The first-order valence-corrected chi connectivity index (χ1v) is 9.14. The lowest BCUT2D eigenvalue weighted by Gasteiger charge is -2.05. The number of fused-ring (bicyclic) bond motifs is 2. The molecule has 0 spiro atoms. The summed E-state index contributed by atoms with van der Waals surface area (Å²) in [6, 6.07) is 14.0. The van der Waals surface area contributed by atoms with Gasteiger partial charge in [0.2, 0.25) is 0 Å². The minimum absolute atomic E-state index is 0.0279. The summed E-state index contributed by atoms with van der Waals surface area (Å²) in [5.74, 6) is -0.0279. The van der Waals surface area contributed by atoms with Crippen LogP contribution in [-0.4, -0.2) is 17.4 Å². The van der Waals surface area contributed by atoms with Gasteiger partial charge in [-0.2, -0.15) is 0 Å². The normalized spacial score (nSPS) is 11.1. The number of carbonyl (C=O) groups excluding carboxylic acids is 1. The van der Waals surface area contributed by atoms with Gasteiger partial charge in [0.1, 0.15) is 0 Å². The molecule has 1 N–H and O–H groups in total. The Morgan fingerprint density at radius 1 is 1.09 bits per heavy atom. The zero-order valence-electron chi connectivity index (χ0n) is 12.3. The maximum atomic E-state index is 12.3. The monoisotopic (exact) mass is 338 g/mol. The van der Waals surface area contributed by atoms with Crippen molar-refractivity contribution in [2.45, 2.75) is 6.42 Å². The fourth-order valence-corrected chi connectivity index (χ4v) is 4.35. The molecule has 0 aliphatic carbocycles. The standard InChI is InChI=1S/C18H14N2OS2/c21-18(12-5-6-15-17(9-12)23-11-20-15)19-8-7-13-10-22-16-4-2-1-3-14(13)16/h1-6,9-11H,7-8H2,(H,19,21). The summed E-state index contributed by atoms with van der Waals surface area (Å²) in [4.78, 5) is 16.5. The Bertz CT molecular complexity index is 987. The second kappa shape index (κ2) is 6.10. The van der Waals surface area contributed by atoms with Gasteiger partial charge < -0.3 is 5.32 Å². The number of benzene rings is 2. The molecule has 3 nitrogen and oxygen atoms in total. The summed E-state index contributed by atoms with van der Waals surface area (Å²) in [7, 11) is 0. The molecular weight excluding hydrogens is 324 g/mol. The predicted molar refractivity (Wildman–Crippen MR) is 97.5 cm³/mol. The summed E-state index contributed by atoms with van der Waals surface area (Å²) in [6.07, 6.45) is 0.846. The van der Waals surface area contributed by atoms with Gasteiger partial charge in [0.15, 0.2) is 0 Å². The Balaban J connectivity index is 1.43. The first kappa shape index (κ1) is 14.4. The molecule has 0 atom stereocenters. The fourth-order valence-electron chi connectivity index (χ4n) is 2.64. The second-order valence-electron chi connectivity index (χ2n) is 5.30. The van der Waals surface area contributed by atoms with Gasteiger partial charge >= 0.3 is 0 Å². The number of thiazole rings is 1. The van der Waals surface area contributed by atoms with Crippen LogP contribution < -0.4 is 5.32 Å². The zero-order valence-corrected chi connectivity index (χ0v) is 13.9. The van der Waals surface area contributed by atoms with Crippen LogP contribution in [0.25, 0.3) is 20.3 Å². The van der Waals surface area contributed by atoms with Crippen LogP contribution in [0.3, 0.4) is 0 Å². The first-order valence-electron chi connectivity index (χ1n) is 7.38. The van der Waals surface area contributed by atoms with Crippen molar-refractivity contribution in [3.63, 3.8) is 0 Å². The third kappa shape index (κ3) is 2.85. The van der Waals surface area contributed by atoms with Gasteiger partial charge in [-0.3, -0.25) is 4.79 Å². The molecule has 4 aromatic rings. The molecule has 0 aliphatic rings. The van der Waals surface area contributed by atoms with Crippen LogP contribution in [-0.2, 0) is 6.42 Å². The maximum absolute atomic E-state index is 12.3. The quantitative estimate of drug-likeness (QED) is 0.596. The predicted octanol–water partition coefficient (Wildman–Crippen LogP) is 4.48. The van der Waals surface area contributed by atoms with Crippen LogP contribution in [0.5, 0.6) is 0 Å². The highest BCUT2D eigenvalue weighted by Gasteiger charge is 2.08. The summed E-state index contributed by atoms with van der Waals surface area (Å²) in [6.45, 7) is 0.639. The van der Waals surface area contributed by atoms with Crippen molar-refractivity contribution in [3.05, 3.63) is 64.5 Å². The average molecular weight is 338 g/mol. The van der Waals surface area contributed by atoms with Gasteiger partial charge in [-0.1, -0.05) is 18.2 Å². The lowest BCUT2D eigenvalue weighted by molar-refractivity contribution is 0.0954. The number of nitrogens with one attached hydrogen (secondary N) is 1. The van der Waals surface area contributed by atoms with Crippen LogP contribution in [0, 0.1) is 0 Å². The highest BCUT2D eigenvalue weighted by molar-refractivity contribution is 7.17. The van der Waals surface area contributed by atoms with Gasteiger partial charge in [-0.05, 0) is 47.0 Å². The molecule has 0 saturated carbocycles. The van der Waals surface area contributed by atoms with E-state index in [1.165, 1.54) is 15.6 Å². The number of nitrogens with zero attached hydrogens (tertiary/aromatic N) is 1. The smallest absolute Gasteiger partial charge is 0.251 e. The zero-order chi connectivity index (χ0) is 15.6. The third-order valence-electron chi connectivity index (χ3n) is 3.83. The Kier molecular flexibility index (Phi) is 3.81. The highest BCUT2D eigenvalue weighted by Crippen LogP contribution is 2.25. The van der Waals surface area contributed by atoms with Crippen molar-refractivity contribution in [2.75, 3.05) is 6.54 Å². The minimum atomic E-state index is -0.0279. The summed E-state index contributed by atoms with van der Waals surface area (Å²) in [5.41, 5.74) is 4.73. The number of hydrogen-bond acceptors (Lipinski definition) is 4. The lowest BCUT2D eigenvalue weighted by Crippen LogP contribution is -2.25. The Hall–Kier alpha value is -2.24. The van der Waals surface area contributed by atoms with E-state index in [2.05, 4.69) is 39.9 Å². The number of aromatic nitrogens is 1. The van der Waals surface area contributed by atoms with E-state index in [1.807, 2.05) is 18.2 Å². The molecule has 0 fully saturated rings. The molecule has 2 aromatic heterocycles. The number of thiophene rings is 1. The topological polar surface area (TPSA) is 42.0 Å². The first-order chi connectivity index (χ1) is 11.3. The molecule has 0 saturated heterocycles. The van der Waals surface area contributed by atoms with Crippen molar-refractivity contribution in [1.29, 1.82) is 0 Å². The second-order valence-corrected chi connectivity index (χ2v) is 7.10. The van der Waals surface area contributed by atoms with Crippen LogP contribution in [0.1, 0.15) is 15.9 Å². The minimum Gasteiger partial charge on any atom is -0.352 e. The van der Waals surface area contributed by atoms with E-state index in [4.69, 9.17) is 0 Å². The van der Waals surface area contributed by atoms with E-state index < -0.39 is 0 Å². The highest BCUT2D eigenvalue weighted by atomic mass is 32.1. The lowest BCUT2D eigenvalue weighted by atomic mass is 10.1. The van der Waals surface area contributed by atoms with Gasteiger partial charge in [0, 0.05) is 16.8 Å². The summed E-state index contributed by atoms with van der Waals surface area (Å²) in [5, 5.41) is 6.48. The number of rotatable bonds is 4. The Morgan fingerprint density at radius 2 is 2.00 bits per heavy atom. The van der Waals surface area contributed by atoms with E-state index in [-0.39, 0.29) is 5.91 Å². The number of carbonyl (C=O) groups is 1. The SMILES string of the molecule is O=C(NCCc1csc2ccccc12)c1ccc2ncsc2c1. The van der Waals surface area contributed by atoms with Crippen LogP contribution in [0.2, 0.25) is 0 Å². The molecule has 114 valence electrons. The largest absolute Gasteiger partial charge is 0.352 e. The maximum Gasteiger partial charge on any atom is 0.251 e. The van der Waals surface area contributed by atoms with E-state index in [0.29, 0.717) is 12.1 Å². The Morgan fingerprint density at radius 3 is 2.96 bits per heavy atom. The van der Waals surface area contributed by atoms with E-state index >= 15 is 0 Å². The van der Waals surface area contributed by atoms with Crippen molar-refractivity contribution in [1.82, 2.24) is 10.3 Å². The van der Waals surface area contributed by atoms with Gasteiger partial charge in [0.05, 0.1) is 15.7 Å². The van der Waals surface area contributed by atoms with E-state index in [0.717, 1.165) is 16.6 Å². The summed E-state index contributed by atoms with van der Waals surface area (Å²) >= 11 is 3.31. The van der Waals surface area contributed by atoms with Crippen molar-refractivity contribution >= 4 is 48.9 Å². The van der Waals surface area contributed by atoms with Gasteiger partial charge in [-0.25, -0.2) is 4.98 Å². The molecule has 2 heterocycles. The van der Waals surface area contributed by atoms with Crippen LogP contribution in [0.4, 0.5) is 0 Å². The molecule has 0 radical (unpaired) electrons. The van der Waals surface area contributed by atoms with E-state index in [9.17, 15) is 4.79 Å². The summed E-state index contributed by atoms with van der Waals surface area (Å²) < 4.78 is 2.34. The molecule has 4 rings (SSSR count). The molecule has 2 aromatic carbocycles. The number of amides is 1. The van der Waals surface area contributed by atoms with Crippen molar-refractivity contribution in [3.8, 4) is 0 Å². The fraction of sp³-hybridized carbons (Fsp3) is 0.111. The molecular formula is C18H14N2OS2. The van der Waals surface area contributed by atoms with E-state index in [1.54, 1.807) is 28.2 Å². The van der Waals surface area contributed by atoms with Crippen LogP contribution >= 0.6 is 22.7 Å². The van der Waals surface area contributed by atoms with Crippen LogP contribution in [0.15, 0.2) is 53.4 Å².